The van der Waals surface area contributed by atoms with Crippen LogP contribution < -0.4 is 10.9 Å². The van der Waals surface area contributed by atoms with Gasteiger partial charge in [-0.25, -0.2) is 0 Å². The average molecular weight is 178 g/mol. The van der Waals surface area contributed by atoms with E-state index in [0.717, 1.165) is 25.9 Å². The molecular formula is C10H14N2O. The van der Waals surface area contributed by atoms with Gasteiger partial charge in [0.25, 0.3) is 5.56 Å². The van der Waals surface area contributed by atoms with Crippen molar-refractivity contribution < 1.29 is 0 Å². The Balaban J connectivity index is 2.24. The monoisotopic (exact) mass is 178 g/mol. The molecule has 2 heterocycles. The van der Waals surface area contributed by atoms with Crippen molar-refractivity contribution in [3.8, 4) is 0 Å². The van der Waals surface area contributed by atoms with Crippen LogP contribution in [0.1, 0.15) is 18.9 Å². The number of piperidine rings is 1. The third-order valence-corrected chi connectivity index (χ3v) is 2.52. The van der Waals surface area contributed by atoms with Crippen LogP contribution in [0.2, 0.25) is 0 Å². The second-order valence-electron chi connectivity index (χ2n) is 3.45. The van der Waals surface area contributed by atoms with Gasteiger partial charge in [-0.05, 0) is 25.5 Å². The maximum Gasteiger partial charge on any atom is 0.250 e. The van der Waals surface area contributed by atoms with Crippen LogP contribution in [0.3, 0.4) is 0 Å². The Bertz CT molecular complexity index is 326. The molecule has 0 aromatic carbocycles. The molecule has 0 saturated carbocycles. The molecule has 0 bridgehead atoms. The lowest BCUT2D eigenvalue weighted by molar-refractivity contribution is 0.364. The van der Waals surface area contributed by atoms with Crippen LogP contribution >= 0.6 is 0 Å². The van der Waals surface area contributed by atoms with E-state index in [1.165, 1.54) is 0 Å². The minimum Gasteiger partial charge on any atom is -0.315 e. The van der Waals surface area contributed by atoms with Crippen molar-refractivity contribution in [3.05, 3.63) is 34.7 Å². The molecule has 0 spiro atoms. The van der Waals surface area contributed by atoms with E-state index in [1.807, 2.05) is 16.8 Å². The van der Waals surface area contributed by atoms with Gasteiger partial charge in [-0.15, -0.1) is 0 Å². The van der Waals surface area contributed by atoms with Crippen molar-refractivity contribution in [1.82, 2.24) is 9.88 Å². The molecule has 1 N–H and O–H groups in total. The number of pyridine rings is 1. The van der Waals surface area contributed by atoms with Gasteiger partial charge in [0.2, 0.25) is 0 Å². The largest absolute Gasteiger partial charge is 0.315 e. The molecule has 13 heavy (non-hydrogen) atoms. The standard InChI is InChI=1S/C10H14N2O/c13-10-5-1-2-7-12(10)9-4-3-6-11-8-9/h1-2,5,7,9,11H,3-4,6,8H2. The number of aromatic nitrogens is 1. The van der Waals surface area contributed by atoms with Gasteiger partial charge in [0.1, 0.15) is 0 Å². The second-order valence-corrected chi connectivity index (χ2v) is 3.45. The number of hydrogen-bond donors (Lipinski definition) is 1. The summed E-state index contributed by atoms with van der Waals surface area (Å²) in [6, 6.07) is 5.67. The molecule has 2 rings (SSSR count). The number of nitrogens with one attached hydrogen (secondary N) is 1. The first kappa shape index (κ1) is 8.51. The van der Waals surface area contributed by atoms with Crippen LogP contribution in [0.5, 0.6) is 0 Å². The van der Waals surface area contributed by atoms with Gasteiger partial charge >= 0.3 is 0 Å². The summed E-state index contributed by atoms with van der Waals surface area (Å²) in [4.78, 5) is 11.5. The molecule has 1 aromatic heterocycles. The van der Waals surface area contributed by atoms with E-state index in [9.17, 15) is 4.79 Å². The molecule has 70 valence electrons. The van der Waals surface area contributed by atoms with Crippen LogP contribution in [-0.2, 0) is 0 Å². The molecule has 1 atom stereocenters. The van der Waals surface area contributed by atoms with E-state index >= 15 is 0 Å². The number of hydrogen-bond acceptors (Lipinski definition) is 2. The molecule has 3 nitrogen and oxygen atoms in total. The van der Waals surface area contributed by atoms with Crippen molar-refractivity contribution in [2.45, 2.75) is 18.9 Å². The predicted molar refractivity (Wildman–Crippen MR) is 51.8 cm³/mol. The predicted octanol–water partition coefficient (Wildman–Crippen LogP) is 0.773. The average Bonchev–Trinajstić information content (AvgIpc) is 2.20. The van der Waals surface area contributed by atoms with Crippen LogP contribution in [0.4, 0.5) is 0 Å². The fraction of sp³-hybridized carbons (Fsp3) is 0.500. The van der Waals surface area contributed by atoms with Gasteiger partial charge in [0.15, 0.2) is 0 Å². The van der Waals surface area contributed by atoms with E-state index in [0.29, 0.717) is 6.04 Å². The van der Waals surface area contributed by atoms with E-state index in [2.05, 4.69) is 5.32 Å². The smallest absolute Gasteiger partial charge is 0.250 e. The quantitative estimate of drug-likeness (QED) is 0.689. The van der Waals surface area contributed by atoms with E-state index in [4.69, 9.17) is 0 Å². The first-order valence-electron chi connectivity index (χ1n) is 4.76. The van der Waals surface area contributed by atoms with Gasteiger partial charge < -0.3 is 9.88 Å². The van der Waals surface area contributed by atoms with Gasteiger partial charge in [-0.3, -0.25) is 4.79 Å². The van der Waals surface area contributed by atoms with Crippen molar-refractivity contribution in [2.24, 2.45) is 0 Å². The highest BCUT2D eigenvalue weighted by Gasteiger charge is 2.14. The van der Waals surface area contributed by atoms with Gasteiger partial charge in [0, 0.05) is 24.8 Å². The maximum absolute atomic E-state index is 11.5. The third-order valence-electron chi connectivity index (χ3n) is 2.52. The molecule has 1 fully saturated rings. The zero-order valence-corrected chi connectivity index (χ0v) is 7.57. The van der Waals surface area contributed by atoms with Crippen molar-refractivity contribution in [3.63, 3.8) is 0 Å². The third kappa shape index (κ3) is 1.80. The molecule has 1 aromatic rings. The summed E-state index contributed by atoms with van der Waals surface area (Å²) >= 11 is 0. The Labute approximate surface area is 77.4 Å². The van der Waals surface area contributed by atoms with E-state index in [1.54, 1.807) is 12.1 Å². The zero-order valence-electron chi connectivity index (χ0n) is 7.57. The summed E-state index contributed by atoms with van der Waals surface area (Å²) in [7, 11) is 0. The van der Waals surface area contributed by atoms with Crippen molar-refractivity contribution in [2.75, 3.05) is 13.1 Å². The first-order chi connectivity index (χ1) is 6.38. The van der Waals surface area contributed by atoms with Crippen LogP contribution in [0.25, 0.3) is 0 Å². The Morgan fingerprint density at radius 3 is 3.08 bits per heavy atom. The zero-order chi connectivity index (χ0) is 9.10. The molecule has 0 radical (unpaired) electrons. The van der Waals surface area contributed by atoms with E-state index in [-0.39, 0.29) is 5.56 Å². The summed E-state index contributed by atoms with van der Waals surface area (Å²) in [5, 5.41) is 3.30. The Kier molecular flexibility index (Phi) is 2.45. The molecule has 0 aliphatic carbocycles. The molecule has 1 unspecified atom stereocenters. The molecule has 0 amide bonds. The summed E-state index contributed by atoms with van der Waals surface area (Å²) in [5.74, 6) is 0. The lowest BCUT2D eigenvalue weighted by atomic mass is 10.1. The highest BCUT2D eigenvalue weighted by atomic mass is 16.1. The molecule has 1 saturated heterocycles. The van der Waals surface area contributed by atoms with Crippen LogP contribution in [0.15, 0.2) is 29.2 Å². The fourth-order valence-corrected chi connectivity index (χ4v) is 1.81. The van der Waals surface area contributed by atoms with Gasteiger partial charge in [-0.1, -0.05) is 6.07 Å². The van der Waals surface area contributed by atoms with Crippen LogP contribution in [-0.4, -0.2) is 17.7 Å². The SMILES string of the molecule is O=c1ccccn1C1CCCNC1. The topological polar surface area (TPSA) is 34.0 Å². The molecule has 1 aliphatic rings. The summed E-state index contributed by atoms with van der Waals surface area (Å²) in [5.41, 5.74) is 0.108. The summed E-state index contributed by atoms with van der Waals surface area (Å²) in [6.07, 6.45) is 4.14. The highest BCUT2D eigenvalue weighted by molar-refractivity contribution is 4.96. The van der Waals surface area contributed by atoms with Crippen LogP contribution in [0, 0.1) is 0 Å². The minimum atomic E-state index is 0.108. The second kappa shape index (κ2) is 3.75. The lowest BCUT2D eigenvalue weighted by Gasteiger charge is -2.24. The molecule has 1 aliphatic heterocycles. The minimum absolute atomic E-state index is 0.108. The Morgan fingerprint density at radius 1 is 1.46 bits per heavy atom. The Morgan fingerprint density at radius 2 is 2.38 bits per heavy atom. The fourth-order valence-electron chi connectivity index (χ4n) is 1.81. The van der Waals surface area contributed by atoms with E-state index < -0.39 is 0 Å². The lowest BCUT2D eigenvalue weighted by Crippen LogP contribution is -2.35. The number of nitrogens with zero attached hydrogens (tertiary/aromatic N) is 1. The first-order valence-corrected chi connectivity index (χ1v) is 4.76. The molecular weight excluding hydrogens is 164 g/mol. The Hall–Kier alpha value is -1.09. The summed E-state index contributed by atoms with van der Waals surface area (Å²) < 4.78 is 1.83. The normalized spacial score (nSPS) is 22.9. The van der Waals surface area contributed by atoms with Crippen molar-refractivity contribution in [1.29, 1.82) is 0 Å². The van der Waals surface area contributed by atoms with Gasteiger partial charge in [-0.2, -0.15) is 0 Å². The van der Waals surface area contributed by atoms with Crippen molar-refractivity contribution >= 4 is 0 Å². The highest BCUT2D eigenvalue weighted by Crippen LogP contribution is 2.13. The maximum atomic E-state index is 11.5. The van der Waals surface area contributed by atoms with Gasteiger partial charge in [0.05, 0.1) is 0 Å². The number of rotatable bonds is 1. The summed E-state index contributed by atoms with van der Waals surface area (Å²) in [6.45, 7) is 2.00. The molecule has 3 heteroatoms.